The Bertz CT molecular complexity index is 1210. The van der Waals surface area contributed by atoms with Crippen LogP contribution in [0.5, 0.6) is 11.8 Å². The highest BCUT2D eigenvalue weighted by molar-refractivity contribution is 7.98. The molecule has 7 nitrogen and oxygen atoms in total. The molecule has 3 aromatic rings. The molecule has 158 valence electrons. The molecule has 2 aliphatic heterocycles. The zero-order valence-electron chi connectivity index (χ0n) is 17.1. The Morgan fingerprint density at radius 3 is 2.58 bits per heavy atom. The maximum Gasteiger partial charge on any atom is 0.318 e. The number of ether oxygens (including phenoxy) is 1. The van der Waals surface area contributed by atoms with Crippen LogP contribution in [-0.2, 0) is 5.75 Å². The number of amides is 1. The van der Waals surface area contributed by atoms with Crippen molar-refractivity contribution < 1.29 is 14.6 Å². The Labute approximate surface area is 183 Å². The first-order valence-electron chi connectivity index (χ1n) is 9.95. The SMILES string of the molecule is COc1nc(=O)c(O)c2n1[C@@H]([C@H]1c3ccccc3CSc3ccccc31)CN(C)C2=O. The second kappa shape index (κ2) is 7.46. The molecule has 31 heavy (non-hydrogen) atoms. The second-order valence-electron chi connectivity index (χ2n) is 7.73. The number of thioether (sulfide) groups is 1. The van der Waals surface area contributed by atoms with Gasteiger partial charge in [-0.3, -0.25) is 14.2 Å². The Kier molecular flexibility index (Phi) is 4.74. The number of nitrogens with zero attached hydrogens (tertiary/aromatic N) is 3. The molecule has 3 heterocycles. The van der Waals surface area contributed by atoms with E-state index in [9.17, 15) is 14.7 Å². The fourth-order valence-corrected chi connectivity index (χ4v) is 5.73. The average Bonchev–Trinajstić information content (AvgIpc) is 2.95. The van der Waals surface area contributed by atoms with E-state index < -0.39 is 17.2 Å². The fraction of sp³-hybridized carbons (Fsp3) is 0.261. The molecule has 8 heteroatoms. The molecule has 2 aromatic carbocycles. The van der Waals surface area contributed by atoms with Crippen LogP contribution in [-0.4, -0.2) is 46.2 Å². The van der Waals surface area contributed by atoms with Crippen LogP contribution in [0.4, 0.5) is 0 Å². The van der Waals surface area contributed by atoms with Crippen LogP contribution in [0.15, 0.2) is 58.2 Å². The highest BCUT2D eigenvalue weighted by Crippen LogP contribution is 2.48. The van der Waals surface area contributed by atoms with Gasteiger partial charge in [0.05, 0.1) is 13.2 Å². The maximum absolute atomic E-state index is 13.0. The first-order valence-corrected chi connectivity index (χ1v) is 10.9. The minimum atomic E-state index is -0.872. The number of methoxy groups -OCH3 is 1. The lowest BCUT2D eigenvalue weighted by molar-refractivity contribution is 0.0687. The number of carbonyl (C=O) groups excluding carboxylic acids is 1. The normalized spacial score (nSPS) is 19.8. The number of benzene rings is 2. The molecular formula is C23H21N3O4S. The first-order chi connectivity index (χ1) is 15.0. The van der Waals surface area contributed by atoms with Crippen LogP contribution in [0.1, 0.15) is 39.1 Å². The summed E-state index contributed by atoms with van der Waals surface area (Å²) in [5, 5.41) is 10.5. The van der Waals surface area contributed by atoms with Crippen LogP contribution in [0.2, 0.25) is 0 Å². The third-order valence-corrected chi connectivity index (χ3v) is 7.15. The number of hydrogen-bond donors (Lipinski definition) is 1. The average molecular weight is 436 g/mol. The second-order valence-corrected chi connectivity index (χ2v) is 8.74. The molecule has 0 unspecified atom stereocenters. The summed E-state index contributed by atoms with van der Waals surface area (Å²) in [4.78, 5) is 31.8. The molecular weight excluding hydrogens is 414 g/mol. The molecule has 0 spiro atoms. The topological polar surface area (TPSA) is 84.7 Å². The third-order valence-electron chi connectivity index (χ3n) is 6.01. The maximum atomic E-state index is 13.0. The first kappa shape index (κ1) is 19.7. The number of carbonyl (C=O) groups is 1. The summed E-state index contributed by atoms with van der Waals surface area (Å²) in [5.74, 6) is -0.375. The van der Waals surface area contributed by atoms with Gasteiger partial charge in [0, 0.05) is 30.2 Å². The molecule has 5 rings (SSSR count). The Morgan fingerprint density at radius 1 is 1.10 bits per heavy atom. The Morgan fingerprint density at radius 2 is 1.81 bits per heavy atom. The molecule has 2 atom stereocenters. The summed E-state index contributed by atoms with van der Waals surface area (Å²) in [6.07, 6.45) is 0. The van der Waals surface area contributed by atoms with Crippen LogP contribution in [0.3, 0.4) is 0 Å². The van der Waals surface area contributed by atoms with Gasteiger partial charge in [0.15, 0.2) is 5.69 Å². The van der Waals surface area contributed by atoms with Gasteiger partial charge in [-0.1, -0.05) is 42.5 Å². The quantitative estimate of drug-likeness (QED) is 0.666. The Hall–Kier alpha value is -3.26. The van der Waals surface area contributed by atoms with E-state index >= 15 is 0 Å². The van der Waals surface area contributed by atoms with Gasteiger partial charge < -0.3 is 14.7 Å². The number of fused-ring (bicyclic) bond motifs is 3. The number of rotatable bonds is 2. The molecule has 0 saturated heterocycles. The molecule has 0 saturated carbocycles. The molecule has 1 N–H and O–H groups in total. The number of aromatic nitrogens is 2. The van der Waals surface area contributed by atoms with Gasteiger partial charge in [-0.25, -0.2) is 0 Å². The van der Waals surface area contributed by atoms with E-state index in [1.807, 2.05) is 24.3 Å². The summed E-state index contributed by atoms with van der Waals surface area (Å²) in [7, 11) is 3.09. The van der Waals surface area contributed by atoms with Crippen molar-refractivity contribution in [2.45, 2.75) is 22.6 Å². The van der Waals surface area contributed by atoms with Crippen molar-refractivity contribution in [2.75, 3.05) is 20.7 Å². The van der Waals surface area contributed by atoms with Gasteiger partial charge in [0.2, 0.25) is 5.75 Å². The summed E-state index contributed by atoms with van der Waals surface area (Å²) < 4.78 is 7.03. The van der Waals surface area contributed by atoms with Gasteiger partial charge in [0.1, 0.15) is 0 Å². The van der Waals surface area contributed by atoms with Gasteiger partial charge >= 0.3 is 11.6 Å². The van der Waals surface area contributed by atoms with Crippen LogP contribution >= 0.6 is 11.8 Å². The predicted molar refractivity (Wildman–Crippen MR) is 117 cm³/mol. The van der Waals surface area contributed by atoms with E-state index in [1.165, 1.54) is 17.6 Å². The lowest BCUT2D eigenvalue weighted by Gasteiger charge is -2.39. The van der Waals surface area contributed by atoms with E-state index in [1.54, 1.807) is 28.3 Å². The minimum Gasteiger partial charge on any atom is -0.501 e. The van der Waals surface area contributed by atoms with Crippen molar-refractivity contribution in [2.24, 2.45) is 0 Å². The number of likely N-dealkylation sites (N-methyl/N-ethyl adjacent to an activating group) is 1. The van der Waals surface area contributed by atoms with Crippen molar-refractivity contribution in [1.82, 2.24) is 14.5 Å². The predicted octanol–water partition coefficient (Wildman–Crippen LogP) is 3.02. The van der Waals surface area contributed by atoms with Crippen molar-refractivity contribution in [3.05, 3.63) is 81.3 Å². The number of hydrogen-bond acceptors (Lipinski definition) is 6. The highest BCUT2D eigenvalue weighted by Gasteiger charge is 2.41. The van der Waals surface area contributed by atoms with E-state index in [0.717, 1.165) is 16.9 Å². The molecule has 0 bridgehead atoms. The van der Waals surface area contributed by atoms with Crippen molar-refractivity contribution in [3.8, 4) is 11.8 Å². The molecule has 0 fully saturated rings. The monoisotopic (exact) mass is 435 g/mol. The smallest absolute Gasteiger partial charge is 0.318 e. The summed E-state index contributed by atoms with van der Waals surface area (Å²) in [6, 6.07) is 16.2. The molecule has 2 aliphatic rings. The molecule has 1 amide bonds. The molecule has 1 aromatic heterocycles. The highest BCUT2D eigenvalue weighted by atomic mass is 32.2. The van der Waals surface area contributed by atoms with Crippen LogP contribution < -0.4 is 10.3 Å². The van der Waals surface area contributed by atoms with Gasteiger partial charge in [-0.15, -0.1) is 11.8 Å². The zero-order chi connectivity index (χ0) is 21.7. The van der Waals surface area contributed by atoms with Gasteiger partial charge in [0.25, 0.3) is 5.91 Å². The standard InChI is InChI=1S/C23H21N3O4S/c1-25-11-16(26-19(22(25)29)20(27)21(28)24-23(26)30-2)18-14-8-4-3-7-13(14)12-31-17-10-6-5-9-15(17)18/h3-10,16,18,27H,11-12H2,1-2H3/t16-,18+/m1/s1. The van der Waals surface area contributed by atoms with Crippen LogP contribution in [0.25, 0.3) is 0 Å². The van der Waals surface area contributed by atoms with Crippen molar-refractivity contribution in [1.29, 1.82) is 0 Å². The van der Waals surface area contributed by atoms with Gasteiger partial charge in [-0.2, -0.15) is 4.98 Å². The number of aromatic hydroxyl groups is 1. The fourth-order valence-electron chi connectivity index (χ4n) is 4.62. The van der Waals surface area contributed by atoms with Crippen LogP contribution in [0, 0.1) is 0 Å². The summed E-state index contributed by atoms with van der Waals surface area (Å²) in [6.45, 7) is 0.379. The van der Waals surface area contributed by atoms with E-state index in [4.69, 9.17) is 4.74 Å². The van der Waals surface area contributed by atoms with Gasteiger partial charge in [-0.05, 0) is 22.8 Å². The third kappa shape index (κ3) is 3.01. The molecule has 0 aliphatic carbocycles. The lowest BCUT2D eigenvalue weighted by atomic mass is 9.81. The van der Waals surface area contributed by atoms with E-state index in [2.05, 4.69) is 29.2 Å². The molecule has 0 radical (unpaired) electrons. The zero-order valence-corrected chi connectivity index (χ0v) is 17.9. The minimum absolute atomic E-state index is 0.0242. The largest absolute Gasteiger partial charge is 0.501 e. The van der Waals surface area contributed by atoms with Crippen molar-refractivity contribution >= 4 is 17.7 Å². The van der Waals surface area contributed by atoms with E-state index in [0.29, 0.717) is 6.54 Å². The van der Waals surface area contributed by atoms with E-state index in [-0.39, 0.29) is 23.7 Å². The summed E-state index contributed by atoms with van der Waals surface area (Å²) in [5.41, 5.74) is 2.55. The Balaban J connectivity index is 1.83. The lowest BCUT2D eigenvalue weighted by Crippen LogP contribution is -2.45. The van der Waals surface area contributed by atoms with Crippen molar-refractivity contribution in [3.63, 3.8) is 0 Å². The summed E-state index contributed by atoms with van der Waals surface area (Å²) >= 11 is 1.78.